The molecule has 0 radical (unpaired) electrons. The predicted molar refractivity (Wildman–Crippen MR) is 131 cm³/mol. The molecule has 0 spiro atoms. The highest BCUT2D eigenvalue weighted by Crippen LogP contribution is 2.15. The number of esters is 1. The van der Waals surface area contributed by atoms with E-state index in [1.807, 2.05) is 37.3 Å². The number of rotatable bonds is 14. The molecule has 3 amide bonds. The van der Waals surface area contributed by atoms with Crippen LogP contribution in [0.1, 0.15) is 51.0 Å². The normalized spacial score (nSPS) is 10.2. The molecule has 0 unspecified atom stereocenters. The molecule has 35 heavy (non-hydrogen) atoms. The fourth-order valence-electron chi connectivity index (χ4n) is 3.09. The third-order valence-corrected chi connectivity index (χ3v) is 4.87. The summed E-state index contributed by atoms with van der Waals surface area (Å²) in [6, 6.07) is 16.9. The molecule has 0 atom stereocenters. The van der Waals surface area contributed by atoms with Crippen molar-refractivity contribution in [3.05, 3.63) is 60.2 Å². The summed E-state index contributed by atoms with van der Waals surface area (Å²) in [4.78, 5) is 47.4. The van der Waals surface area contributed by atoms with Gasteiger partial charge in [-0.05, 0) is 56.0 Å². The van der Waals surface area contributed by atoms with Crippen molar-refractivity contribution in [3.8, 4) is 5.75 Å². The third-order valence-electron chi connectivity index (χ3n) is 4.87. The number of amides is 3. The summed E-state index contributed by atoms with van der Waals surface area (Å²) in [6.45, 7) is 2.77. The lowest BCUT2D eigenvalue weighted by Gasteiger charge is -2.09. The van der Waals surface area contributed by atoms with Gasteiger partial charge in [-0.15, -0.1) is 0 Å². The van der Waals surface area contributed by atoms with Crippen molar-refractivity contribution in [2.45, 2.75) is 51.9 Å². The van der Waals surface area contributed by atoms with Gasteiger partial charge in [0, 0.05) is 31.4 Å². The Balaban J connectivity index is 1.49. The van der Waals surface area contributed by atoms with Crippen LogP contribution in [0.4, 0.5) is 5.69 Å². The van der Waals surface area contributed by atoms with E-state index in [2.05, 4.69) is 16.2 Å². The van der Waals surface area contributed by atoms with Crippen LogP contribution < -0.4 is 20.9 Å². The van der Waals surface area contributed by atoms with E-state index in [1.165, 1.54) is 5.56 Å². The zero-order chi connectivity index (χ0) is 25.3. The van der Waals surface area contributed by atoms with Crippen molar-refractivity contribution in [2.24, 2.45) is 0 Å². The first kappa shape index (κ1) is 27.4. The fraction of sp³-hybridized carbons (Fsp3) is 0.385. The van der Waals surface area contributed by atoms with Crippen LogP contribution in [0.3, 0.4) is 0 Å². The van der Waals surface area contributed by atoms with E-state index in [1.54, 1.807) is 24.3 Å². The van der Waals surface area contributed by atoms with Crippen LogP contribution >= 0.6 is 0 Å². The lowest BCUT2D eigenvalue weighted by Crippen LogP contribution is -2.41. The summed E-state index contributed by atoms with van der Waals surface area (Å²) in [5.41, 5.74) is 6.34. The minimum atomic E-state index is -0.488. The zero-order valence-corrected chi connectivity index (χ0v) is 20.0. The van der Waals surface area contributed by atoms with E-state index in [-0.39, 0.29) is 37.6 Å². The molecule has 0 saturated carbocycles. The number of hydrogen-bond acceptors (Lipinski definition) is 6. The van der Waals surface area contributed by atoms with E-state index in [9.17, 15) is 19.2 Å². The molecule has 3 N–H and O–H groups in total. The molecule has 0 aliphatic carbocycles. The Bertz CT molecular complexity index is 947. The van der Waals surface area contributed by atoms with E-state index in [4.69, 9.17) is 9.47 Å². The number of aryl methyl sites for hydroxylation is 1. The minimum absolute atomic E-state index is 0.0367. The smallest absolute Gasteiger partial charge is 0.305 e. The second-order valence-corrected chi connectivity index (χ2v) is 7.77. The highest BCUT2D eigenvalue weighted by atomic mass is 16.5. The van der Waals surface area contributed by atoms with Gasteiger partial charge in [0.05, 0.1) is 13.2 Å². The summed E-state index contributed by atoms with van der Waals surface area (Å²) in [5.74, 6) is -0.880. The molecular weight excluding hydrogens is 450 g/mol. The maximum Gasteiger partial charge on any atom is 0.305 e. The Labute approximate surface area is 205 Å². The van der Waals surface area contributed by atoms with Crippen molar-refractivity contribution in [1.29, 1.82) is 0 Å². The number of carbonyl (C=O) groups excluding carboxylic acids is 4. The summed E-state index contributed by atoms with van der Waals surface area (Å²) in [6.07, 6.45) is 1.95. The van der Waals surface area contributed by atoms with Crippen molar-refractivity contribution in [2.75, 3.05) is 18.5 Å². The van der Waals surface area contributed by atoms with Gasteiger partial charge in [-0.25, -0.2) is 0 Å². The highest BCUT2D eigenvalue weighted by Gasteiger charge is 2.10. The first-order valence-corrected chi connectivity index (χ1v) is 11.8. The molecule has 0 fully saturated rings. The van der Waals surface area contributed by atoms with Gasteiger partial charge in [-0.1, -0.05) is 30.3 Å². The SMILES string of the molecule is CCOc1ccc(NC(=O)CCC(=O)NNC(=O)CCCC(=O)OCCCc2ccccc2)cc1. The minimum Gasteiger partial charge on any atom is -0.494 e. The molecule has 188 valence electrons. The number of carbonyl (C=O) groups is 4. The van der Waals surface area contributed by atoms with Gasteiger partial charge in [0.15, 0.2) is 0 Å². The number of hydrogen-bond donors (Lipinski definition) is 3. The molecule has 0 aliphatic heterocycles. The standard InChI is InChI=1S/C26H33N3O6/c1-2-34-22-15-13-21(14-16-22)27-23(30)17-18-25(32)29-28-24(31)11-6-12-26(33)35-19-7-10-20-8-4-3-5-9-20/h3-5,8-9,13-16H,2,6-7,10-12,17-19H2,1H3,(H,27,30)(H,28,31)(H,29,32). The van der Waals surface area contributed by atoms with Crippen molar-refractivity contribution < 1.29 is 28.7 Å². The van der Waals surface area contributed by atoms with Gasteiger partial charge in [-0.2, -0.15) is 0 Å². The van der Waals surface area contributed by atoms with Crippen LogP contribution in [0, 0.1) is 0 Å². The molecule has 0 heterocycles. The molecular formula is C26H33N3O6. The van der Waals surface area contributed by atoms with Crippen LogP contribution in [0.15, 0.2) is 54.6 Å². The van der Waals surface area contributed by atoms with Crippen LogP contribution in [0.5, 0.6) is 5.75 Å². The summed E-state index contributed by atoms with van der Waals surface area (Å²) in [5, 5.41) is 2.69. The molecule has 2 aromatic carbocycles. The number of nitrogens with one attached hydrogen (secondary N) is 3. The quantitative estimate of drug-likeness (QED) is 0.215. The fourth-order valence-corrected chi connectivity index (χ4v) is 3.09. The Morgan fingerprint density at radius 2 is 1.40 bits per heavy atom. The molecule has 2 rings (SSSR count). The average Bonchev–Trinajstić information content (AvgIpc) is 2.86. The maximum atomic E-state index is 12.0. The molecule has 9 heteroatoms. The Kier molecular flexibility index (Phi) is 12.4. The lowest BCUT2D eigenvalue weighted by atomic mass is 10.1. The summed E-state index contributed by atoms with van der Waals surface area (Å²) >= 11 is 0. The van der Waals surface area contributed by atoms with Crippen LogP contribution in [0.2, 0.25) is 0 Å². The van der Waals surface area contributed by atoms with E-state index in [0.717, 1.165) is 12.8 Å². The zero-order valence-electron chi connectivity index (χ0n) is 20.0. The van der Waals surface area contributed by atoms with Crippen LogP contribution in [0.25, 0.3) is 0 Å². The van der Waals surface area contributed by atoms with E-state index >= 15 is 0 Å². The number of anilines is 1. The Morgan fingerprint density at radius 1 is 0.743 bits per heavy atom. The predicted octanol–water partition coefficient (Wildman–Crippen LogP) is 3.30. The van der Waals surface area contributed by atoms with E-state index in [0.29, 0.717) is 31.1 Å². The van der Waals surface area contributed by atoms with Gasteiger partial charge in [0.25, 0.3) is 0 Å². The lowest BCUT2D eigenvalue weighted by molar-refractivity contribution is -0.144. The Morgan fingerprint density at radius 3 is 2.09 bits per heavy atom. The van der Waals surface area contributed by atoms with Gasteiger partial charge in [0.1, 0.15) is 5.75 Å². The molecule has 0 bridgehead atoms. The van der Waals surface area contributed by atoms with Gasteiger partial charge >= 0.3 is 5.97 Å². The second kappa shape index (κ2) is 15.9. The van der Waals surface area contributed by atoms with Crippen molar-refractivity contribution in [3.63, 3.8) is 0 Å². The molecule has 2 aromatic rings. The molecule has 0 aliphatic rings. The maximum absolute atomic E-state index is 12.0. The first-order chi connectivity index (χ1) is 17.0. The van der Waals surface area contributed by atoms with Gasteiger partial charge < -0.3 is 14.8 Å². The van der Waals surface area contributed by atoms with Gasteiger partial charge in [-0.3, -0.25) is 30.0 Å². The van der Waals surface area contributed by atoms with Crippen LogP contribution in [-0.4, -0.2) is 36.9 Å². The molecule has 0 saturated heterocycles. The van der Waals surface area contributed by atoms with Gasteiger partial charge in [0.2, 0.25) is 17.7 Å². The number of hydrazine groups is 1. The molecule has 9 nitrogen and oxygen atoms in total. The number of ether oxygens (including phenoxy) is 2. The van der Waals surface area contributed by atoms with E-state index < -0.39 is 11.8 Å². The first-order valence-electron chi connectivity index (χ1n) is 11.8. The van der Waals surface area contributed by atoms with Crippen molar-refractivity contribution >= 4 is 29.4 Å². The largest absolute Gasteiger partial charge is 0.494 e. The molecule has 0 aromatic heterocycles. The third kappa shape index (κ3) is 12.2. The number of benzene rings is 2. The second-order valence-electron chi connectivity index (χ2n) is 7.77. The monoisotopic (exact) mass is 483 g/mol. The average molecular weight is 484 g/mol. The van der Waals surface area contributed by atoms with Crippen molar-refractivity contribution in [1.82, 2.24) is 10.9 Å². The highest BCUT2D eigenvalue weighted by molar-refractivity contribution is 5.93. The topological polar surface area (TPSA) is 123 Å². The Hall–Kier alpha value is -3.88. The van der Waals surface area contributed by atoms with Crippen LogP contribution in [-0.2, 0) is 30.3 Å². The summed E-state index contributed by atoms with van der Waals surface area (Å²) < 4.78 is 10.5. The summed E-state index contributed by atoms with van der Waals surface area (Å²) in [7, 11) is 0.